The summed E-state index contributed by atoms with van der Waals surface area (Å²) >= 11 is 7.66. The van der Waals surface area contributed by atoms with Crippen LogP contribution in [0.15, 0.2) is 23.2 Å². The van der Waals surface area contributed by atoms with Crippen molar-refractivity contribution in [1.82, 2.24) is 4.90 Å². The van der Waals surface area contributed by atoms with Crippen LogP contribution in [-0.2, 0) is 0 Å². The van der Waals surface area contributed by atoms with Gasteiger partial charge in [-0.25, -0.2) is 0 Å². The Hall–Kier alpha value is -1.20. The molecule has 1 saturated heterocycles. The maximum absolute atomic E-state index is 12.6. The second-order valence-corrected chi connectivity index (χ2v) is 7.44. The number of unbranched alkanes of at least 4 members (excludes halogenated alkanes) is 1. The summed E-state index contributed by atoms with van der Waals surface area (Å²) in [4.78, 5) is 19.2. The lowest BCUT2D eigenvalue weighted by atomic mass is 10.2. The molecular weight excluding hydrogens is 332 g/mol. The maximum atomic E-state index is 12.6. The molecule has 2 atom stereocenters. The Balaban J connectivity index is 2.28. The summed E-state index contributed by atoms with van der Waals surface area (Å²) in [5, 5.41) is 1.71. The molecule has 1 aliphatic rings. The molecule has 1 aromatic rings. The number of thioether (sulfide) groups is 1. The van der Waals surface area contributed by atoms with Gasteiger partial charge in [0.25, 0.3) is 5.91 Å². The quantitative estimate of drug-likeness (QED) is 0.782. The van der Waals surface area contributed by atoms with E-state index in [4.69, 9.17) is 16.3 Å². The van der Waals surface area contributed by atoms with E-state index in [-0.39, 0.29) is 5.91 Å². The van der Waals surface area contributed by atoms with E-state index in [1.807, 2.05) is 0 Å². The SMILES string of the molecule is CCCCN1/C(=N/C(=O)c2cc(Cl)ccc2OC)SC(C)C1C. The van der Waals surface area contributed by atoms with Gasteiger partial charge in [0.1, 0.15) is 5.75 Å². The summed E-state index contributed by atoms with van der Waals surface area (Å²) in [5.41, 5.74) is 0.399. The van der Waals surface area contributed by atoms with Crippen LogP contribution >= 0.6 is 23.4 Å². The van der Waals surface area contributed by atoms with Gasteiger partial charge < -0.3 is 9.64 Å². The molecule has 23 heavy (non-hydrogen) atoms. The van der Waals surface area contributed by atoms with Crippen LogP contribution in [0.3, 0.4) is 0 Å². The Morgan fingerprint density at radius 2 is 2.17 bits per heavy atom. The van der Waals surface area contributed by atoms with Crippen LogP contribution in [0.25, 0.3) is 0 Å². The largest absolute Gasteiger partial charge is 0.496 e. The number of aliphatic imine (C=N–C) groups is 1. The van der Waals surface area contributed by atoms with Crippen molar-refractivity contribution in [2.75, 3.05) is 13.7 Å². The molecule has 1 aliphatic heterocycles. The zero-order chi connectivity index (χ0) is 17.0. The zero-order valence-corrected chi connectivity index (χ0v) is 15.6. The Morgan fingerprint density at radius 1 is 1.43 bits per heavy atom. The minimum absolute atomic E-state index is 0.311. The van der Waals surface area contributed by atoms with Gasteiger partial charge in [-0.1, -0.05) is 43.6 Å². The van der Waals surface area contributed by atoms with Crippen molar-refractivity contribution in [2.24, 2.45) is 4.99 Å². The average molecular weight is 355 g/mol. The molecule has 0 saturated carbocycles. The Labute approximate surface area is 147 Å². The number of carbonyl (C=O) groups is 1. The van der Waals surface area contributed by atoms with Crippen LogP contribution in [0.2, 0.25) is 5.02 Å². The van der Waals surface area contributed by atoms with E-state index in [9.17, 15) is 4.79 Å². The minimum Gasteiger partial charge on any atom is -0.496 e. The van der Waals surface area contributed by atoms with Gasteiger partial charge in [0.15, 0.2) is 5.17 Å². The number of hydrogen-bond donors (Lipinski definition) is 0. The third-order valence-corrected chi connectivity index (χ3v) is 5.59. The molecule has 0 spiro atoms. The number of hydrogen-bond acceptors (Lipinski definition) is 3. The second kappa shape index (κ2) is 8.06. The second-order valence-electron chi connectivity index (χ2n) is 5.65. The van der Waals surface area contributed by atoms with Gasteiger partial charge in [-0.15, -0.1) is 0 Å². The van der Waals surface area contributed by atoms with E-state index in [1.54, 1.807) is 30.0 Å². The van der Waals surface area contributed by atoms with Crippen molar-refractivity contribution in [1.29, 1.82) is 0 Å². The van der Waals surface area contributed by atoms with Gasteiger partial charge in [-0.05, 0) is 31.5 Å². The lowest BCUT2D eigenvalue weighted by molar-refractivity contribution is 0.0998. The lowest BCUT2D eigenvalue weighted by Crippen LogP contribution is -2.35. The molecule has 0 N–H and O–H groups in total. The number of nitrogens with zero attached hydrogens (tertiary/aromatic N) is 2. The highest BCUT2D eigenvalue weighted by atomic mass is 35.5. The number of rotatable bonds is 5. The van der Waals surface area contributed by atoms with Crippen LogP contribution in [0, 0.1) is 0 Å². The first-order valence-corrected chi connectivity index (χ1v) is 9.13. The van der Waals surface area contributed by atoms with Crippen LogP contribution in [0.5, 0.6) is 5.75 Å². The summed E-state index contributed by atoms with van der Waals surface area (Å²) in [6.45, 7) is 7.44. The van der Waals surface area contributed by atoms with Gasteiger partial charge in [0.2, 0.25) is 0 Å². The number of amides is 1. The molecule has 1 fully saturated rings. The van der Waals surface area contributed by atoms with E-state index >= 15 is 0 Å². The molecule has 2 rings (SSSR count). The smallest absolute Gasteiger partial charge is 0.283 e. The van der Waals surface area contributed by atoms with Crippen molar-refractivity contribution < 1.29 is 9.53 Å². The first kappa shape index (κ1) is 18.1. The molecule has 1 aromatic carbocycles. The minimum atomic E-state index is -0.311. The third kappa shape index (κ3) is 4.21. The molecule has 0 aliphatic carbocycles. The summed E-state index contributed by atoms with van der Waals surface area (Å²) < 4.78 is 5.25. The molecule has 4 nitrogen and oxygen atoms in total. The van der Waals surface area contributed by atoms with Crippen molar-refractivity contribution in [2.45, 2.75) is 44.9 Å². The topological polar surface area (TPSA) is 41.9 Å². The summed E-state index contributed by atoms with van der Waals surface area (Å²) in [6.07, 6.45) is 2.21. The monoisotopic (exact) mass is 354 g/mol. The predicted molar refractivity (Wildman–Crippen MR) is 97.9 cm³/mol. The van der Waals surface area contributed by atoms with E-state index in [1.165, 1.54) is 7.11 Å². The van der Waals surface area contributed by atoms with E-state index in [0.29, 0.717) is 27.6 Å². The van der Waals surface area contributed by atoms with Gasteiger partial charge in [-0.3, -0.25) is 4.79 Å². The average Bonchev–Trinajstić information content (AvgIpc) is 2.79. The Bertz CT molecular complexity index is 606. The fraction of sp³-hybridized carbons (Fsp3) is 0.529. The molecule has 6 heteroatoms. The standard InChI is InChI=1S/C17H23ClN2O2S/c1-5-6-9-20-11(2)12(3)23-17(20)19-16(21)14-10-13(18)7-8-15(14)22-4/h7-8,10-12H,5-6,9H2,1-4H3/b19-17-. The first-order valence-electron chi connectivity index (χ1n) is 7.87. The number of methoxy groups -OCH3 is 1. The fourth-order valence-corrected chi connectivity index (χ4v) is 3.85. The third-order valence-electron chi connectivity index (χ3n) is 4.05. The van der Waals surface area contributed by atoms with Gasteiger partial charge in [-0.2, -0.15) is 4.99 Å². The highest BCUT2D eigenvalue weighted by molar-refractivity contribution is 8.14. The van der Waals surface area contributed by atoms with Crippen molar-refractivity contribution in [3.63, 3.8) is 0 Å². The van der Waals surface area contributed by atoms with Crippen LogP contribution in [0.4, 0.5) is 0 Å². The van der Waals surface area contributed by atoms with Gasteiger partial charge in [0, 0.05) is 22.9 Å². The lowest BCUT2D eigenvalue weighted by Gasteiger charge is -2.24. The number of ether oxygens (including phenoxy) is 1. The van der Waals surface area contributed by atoms with Crippen LogP contribution in [-0.4, -0.2) is 40.9 Å². The highest BCUT2D eigenvalue weighted by Gasteiger charge is 2.33. The predicted octanol–water partition coefficient (Wildman–Crippen LogP) is 4.47. The Kier molecular flexibility index (Phi) is 6.36. The number of halogens is 1. The van der Waals surface area contributed by atoms with E-state index in [0.717, 1.165) is 24.6 Å². The van der Waals surface area contributed by atoms with Gasteiger partial charge >= 0.3 is 0 Å². The molecule has 2 unspecified atom stereocenters. The van der Waals surface area contributed by atoms with E-state index < -0.39 is 0 Å². The molecule has 1 heterocycles. The molecule has 0 aromatic heterocycles. The molecule has 1 amide bonds. The van der Waals surface area contributed by atoms with Crippen LogP contribution < -0.4 is 4.74 Å². The van der Waals surface area contributed by atoms with Crippen molar-refractivity contribution in [3.8, 4) is 5.75 Å². The number of benzene rings is 1. The zero-order valence-electron chi connectivity index (χ0n) is 14.0. The number of carbonyl (C=O) groups excluding carboxylic acids is 1. The highest BCUT2D eigenvalue weighted by Crippen LogP contribution is 2.32. The first-order chi connectivity index (χ1) is 11.0. The molecule has 0 bridgehead atoms. The summed E-state index contributed by atoms with van der Waals surface area (Å²) in [5.74, 6) is 0.183. The maximum Gasteiger partial charge on any atom is 0.283 e. The van der Waals surface area contributed by atoms with Crippen LogP contribution in [0.1, 0.15) is 44.0 Å². The summed E-state index contributed by atoms with van der Waals surface area (Å²) in [6, 6.07) is 5.37. The van der Waals surface area contributed by atoms with E-state index in [2.05, 4.69) is 30.7 Å². The normalized spacial score (nSPS) is 22.7. The number of amidine groups is 1. The Morgan fingerprint density at radius 3 is 2.83 bits per heavy atom. The summed E-state index contributed by atoms with van der Waals surface area (Å²) in [7, 11) is 1.54. The fourth-order valence-electron chi connectivity index (χ4n) is 2.47. The molecule has 126 valence electrons. The van der Waals surface area contributed by atoms with Crippen molar-refractivity contribution >= 4 is 34.4 Å². The van der Waals surface area contributed by atoms with Crippen molar-refractivity contribution in [3.05, 3.63) is 28.8 Å². The molecular formula is C17H23ClN2O2S. The van der Waals surface area contributed by atoms with Gasteiger partial charge in [0.05, 0.1) is 12.7 Å². The molecule has 0 radical (unpaired) electrons.